The number of hydrogen-bond donors (Lipinski definition) is 1. The molecule has 1 aliphatic carbocycles. The zero-order valence-corrected chi connectivity index (χ0v) is 16.8. The molecule has 2 aliphatic rings. The number of benzene rings is 1. The third-order valence-corrected chi connectivity index (χ3v) is 5.57. The van der Waals surface area contributed by atoms with Crippen LogP contribution >= 0.6 is 0 Å². The summed E-state index contributed by atoms with van der Waals surface area (Å²) in [4.78, 5) is 52.5. The van der Waals surface area contributed by atoms with Gasteiger partial charge < -0.3 is 15.0 Å². The van der Waals surface area contributed by atoms with Crippen LogP contribution in [0.4, 0.5) is 4.79 Å². The number of amides is 4. The predicted molar refractivity (Wildman–Crippen MR) is 105 cm³/mol. The van der Waals surface area contributed by atoms with Crippen LogP contribution in [-0.4, -0.2) is 65.9 Å². The lowest BCUT2D eigenvalue weighted by atomic mass is 9.94. The number of ether oxygens (including phenoxy) is 1. The predicted octanol–water partition coefficient (Wildman–Crippen LogP) is 2.19. The van der Waals surface area contributed by atoms with Crippen molar-refractivity contribution in [2.24, 2.45) is 0 Å². The molecule has 2 fully saturated rings. The Bertz CT molecular complexity index is 803. The highest BCUT2D eigenvalue weighted by Gasteiger charge is 2.33. The first-order valence-electron chi connectivity index (χ1n) is 10.1. The molecule has 1 aromatic carbocycles. The highest BCUT2D eigenvalue weighted by atomic mass is 16.5. The van der Waals surface area contributed by atoms with Gasteiger partial charge in [0.05, 0.1) is 11.1 Å². The van der Waals surface area contributed by atoms with E-state index >= 15 is 0 Å². The lowest BCUT2D eigenvalue weighted by Gasteiger charge is -2.31. The Morgan fingerprint density at radius 2 is 1.79 bits per heavy atom. The molecule has 1 saturated carbocycles. The van der Waals surface area contributed by atoms with Gasteiger partial charge in [-0.1, -0.05) is 31.4 Å². The van der Waals surface area contributed by atoms with Crippen LogP contribution in [0.25, 0.3) is 0 Å². The summed E-state index contributed by atoms with van der Waals surface area (Å²) in [5, 5.41) is 2.53. The average molecular weight is 401 g/mol. The number of rotatable bonds is 5. The van der Waals surface area contributed by atoms with Gasteiger partial charge in [0, 0.05) is 26.2 Å². The van der Waals surface area contributed by atoms with Crippen LogP contribution in [0.3, 0.4) is 0 Å². The number of hydrogen-bond acceptors (Lipinski definition) is 5. The molecule has 1 saturated heterocycles. The summed E-state index contributed by atoms with van der Waals surface area (Å²) in [5.74, 6) is -1.58. The zero-order valence-electron chi connectivity index (χ0n) is 16.8. The van der Waals surface area contributed by atoms with Gasteiger partial charge in [-0.2, -0.15) is 0 Å². The maximum absolute atomic E-state index is 13.0. The fraction of sp³-hybridized carbons (Fsp3) is 0.524. The van der Waals surface area contributed by atoms with E-state index in [1.807, 2.05) is 0 Å². The van der Waals surface area contributed by atoms with Gasteiger partial charge >= 0.3 is 12.0 Å². The van der Waals surface area contributed by atoms with Crippen LogP contribution in [0.5, 0.6) is 0 Å². The quantitative estimate of drug-likeness (QED) is 0.763. The van der Waals surface area contributed by atoms with E-state index in [0.29, 0.717) is 6.54 Å². The summed E-state index contributed by atoms with van der Waals surface area (Å²) in [5.41, 5.74) is 0.370. The van der Waals surface area contributed by atoms with Gasteiger partial charge in [0.2, 0.25) is 0 Å². The van der Waals surface area contributed by atoms with E-state index in [2.05, 4.69) is 5.32 Å². The monoisotopic (exact) mass is 401 g/mol. The highest BCUT2D eigenvalue weighted by molar-refractivity contribution is 6.06. The minimum atomic E-state index is -1.13. The Morgan fingerprint density at radius 3 is 2.41 bits per heavy atom. The maximum Gasteiger partial charge on any atom is 0.339 e. The Kier molecular flexibility index (Phi) is 6.51. The zero-order chi connectivity index (χ0) is 21.0. The van der Waals surface area contributed by atoms with Gasteiger partial charge in [-0.15, -0.1) is 0 Å². The van der Waals surface area contributed by atoms with Crippen LogP contribution in [0.15, 0.2) is 24.3 Å². The van der Waals surface area contributed by atoms with Crippen molar-refractivity contribution in [3.05, 3.63) is 35.4 Å². The molecule has 3 rings (SSSR count). The van der Waals surface area contributed by atoms with Crippen LogP contribution < -0.4 is 5.32 Å². The van der Waals surface area contributed by atoms with Gasteiger partial charge in [-0.25, -0.2) is 9.59 Å². The molecule has 1 aromatic rings. The summed E-state index contributed by atoms with van der Waals surface area (Å²) in [7, 11) is 1.76. The summed E-state index contributed by atoms with van der Waals surface area (Å²) < 4.78 is 5.29. The number of imide groups is 1. The third kappa shape index (κ3) is 4.58. The van der Waals surface area contributed by atoms with Crippen LogP contribution in [0.1, 0.15) is 59.7 Å². The highest BCUT2D eigenvalue weighted by Crippen LogP contribution is 2.24. The van der Waals surface area contributed by atoms with Crippen LogP contribution in [-0.2, 0) is 9.53 Å². The molecule has 4 amide bonds. The molecule has 0 bridgehead atoms. The molecule has 0 unspecified atom stereocenters. The van der Waals surface area contributed by atoms with E-state index in [-0.39, 0.29) is 29.6 Å². The molecule has 29 heavy (non-hydrogen) atoms. The van der Waals surface area contributed by atoms with Crippen molar-refractivity contribution in [3.63, 3.8) is 0 Å². The van der Waals surface area contributed by atoms with E-state index in [9.17, 15) is 19.2 Å². The van der Waals surface area contributed by atoms with Gasteiger partial charge in [0.15, 0.2) is 6.10 Å². The van der Waals surface area contributed by atoms with Gasteiger partial charge in [-0.3, -0.25) is 14.5 Å². The minimum Gasteiger partial charge on any atom is -0.449 e. The molecule has 1 N–H and O–H groups in total. The summed E-state index contributed by atoms with van der Waals surface area (Å²) in [6.45, 7) is 2.03. The largest absolute Gasteiger partial charge is 0.449 e. The summed E-state index contributed by atoms with van der Waals surface area (Å²) in [6, 6.07) is 6.12. The number of nitrogens with zero attached hydrogens (tertiary/aromatic N) is 2. The van der Waals surface area contributed by atoms with Crippen molar-refractivity contribution < 1.29 is 23.9 Å². The minimum absolute atomic E-state index is 0.116. The van der Waals surface area contributed by atoms with E-state index in [1.165, 1.54) is 19.4 Å². The molecule has 8 heteroatoms. The molecule has 0 spiro atoms. The van der Waals surface area contributed by atoms with Crippen molar-refractivity contribution in [1.29, 1.82) is 0 Å². The maximum atomic E-state index is 13.0. The van der Waals surface area contributed by atoms with E-state index < -0.39 is 24.0 Å². The summed E-state index contributed by atoms with van der Waals surface area (Å²) in [6.07, 6.45) is 4.15. The lowest BCUT2D eigenvalue weighted by Crippen LogP contribution is -2.42. The van der Waals surface area contributed by atoms with Crippen molar-refractivity contribution in [1.82, 2.24) is 15.1 Å². The number of esters is 1. The Hall–Kier alpha value is -2.90. The number of carbonyl (C=O) groups excluding carboxylic acids is 4. The van der Waals surface area contributed by atoms with Crippen molar-refractivity contribution >= 4 is 23.8 Å². The Balaban J connectivity index is 1.71. The first-order valence-corrected chi connectivity index (χ1v) is 10.1. The molecule has 156 valence electrons. The normalized spacial score (nSPS) is 18.1. The molecule has 8 nitrogen and oxygen atoms in total. The topological polar surface area (TPSA) is 96.0 Å². The molecule has 1 atom stereocenters. The molecule has 0 radical (unpaired) electrons. The molecule has 0 aromatic heterocycles. The second-order valence-corrected chi connectivity index (χ2v) is 7.52. The second kappa shape index (κ2) is 9.07. The number of urea groups is 1. The number of nitrogens with one attached hydrogen (secondary N) is 1. The smallest absolute Gasteiger partial charge is 0.339 e. The molecular formula is C21H27N3O5. The van der Waals surface area contributed by atoms with Gasteiger partial charge in [0.1, 0.15) is 0 Å². The van der Waals surface area contributed by atoms with Crippen LogP contribution in [0.2, 0.25) is 0 Å². The van der Waals surface area contributed by atoms with Crippen molar-refractivity contribution in [2.75, 3.05) is 20.1 Å². The number of carbonyl (C=O) groups is 4. The van der Waals surface area contributed by atoms with Gasteiger partial charge in [-0.05, 0) is 31.9 Å². The van der Waals surface area contributed by atoms with E-state index in [4.69, 9.17) is 4.74 Å². The first kappa shape index (κ1) is 20.8. The van der Waals surface area contributed by atoms with Crippen molar-refractivity contribution in [2.45, 2.75) is 51.2 Å². The average Bonchev–Trinajstić information content (AvgIpc) is 3.18. The fourth-order valence-electron chi connectivity index (χ4n) is 3.85. The van der Waals surface area contributed by atoms with E-state index in [1.54, 1.807) is 30.1 Å². The molecule has 1 aliphatic heterocycles. The standard InChI is InChI=1S/C21H27N3O5/c1-14(18(25)24-13-12-22-21(24)28)29-20(27)17-11-7-6-10-16(17)19(26)23(2)15-8-4-3-5-9-15/h6-7,10-11,14-15H,3-5,8-9,12-13H2,1-2H3,(H,22,28)/t14-/m0/s1. The lowest BCUT2D eigenvalue weighted by molar-refractivity contribution is -0.136. The first-order chi connectivity index (χ1) is 13.9. The van der Waals surface area contributed by atoms with Gasteiger partial charge in [0.25, 0.3) is 11.8 Å². The molecule has 1 heterocycles. The van der Waals surface area contributed by atoms with E-state index in [0.717, 1.165) is 30.6 Å². The SMILES string of the molecule is C[C@H](OC(=O)c1ccccc1C(=O)N(C)C1CCCCC1)C(=O)N1CCNC1=O. The fourth-order valence-corrected chi connectivity index (χ4v) is 3.85. The summed E-state index contributed by atoms with van der Waals surface area (Å²) >= 11 is 0. The van der Waals surface area contributed by atoms with Crippen molar-refractivity contribution in [3.8, 4) is 0 Å². The molecular weight excluding hydrogens is 374 g/mol. The second-order valence-electron chi connectivity index (χ2n) is 7.52. The van der Waals surface area contributed by atoms with Crippen LogP contribution in [0, 0.1) is 0 Å². The Morgan fingerprint density at radius 1 is 1.14 bits per heavy atom. The third-order valence-electron chi connectivity index (χ3n) is 5.57. The Labute approximate surface area is 170 Å².